The molecule has 1 saturated carbocycles. The highest BCUT2D eigenvalue weighted by atomic mass is 32.2. The van der Waals surface area contributed by atoms with Gasteiger partial charge in [-0.25, -0.2) is 8.42 Å². The zero-order valence-electron chi connectivity index (χ0n) is 12.4. The number of benzene rings is 1. The van der Waals surface area contributed by atoms with Crippen molar-refractivity contribution in [2.24, 2.45) is 5.73 Å². The molecule has 21 heavy (non-hydrogen) atoms. The molecule has 1 atom stereocenters. The van der Waals surface area contributed by atoms with Crippen molar-refractivity contribution in [3.05, 3.63) is 29.8 Å². The predicted octanol–water partition coefficient (Wildman–Crippen LogP) is 1.63. The van der Waals surface area contributed by atoms with Crippen LogP contribution in [0.1, 0.15) is 44.2 Å². The van der Waals surface area contributed by atoms with Crippen molar-refractivity contribution >= 4 is 10.0 Å². The lowest BCUT2D eigenvalue weighted by atomic mass is 9.93. The minimum Gasteiger partial charge on any atom is -0.396 e. The van der Waals surface area contributed by atoms with Gasteiger partial charge in [0.1, 0.15) is 0 Å². The number of hydrogen-bond acceptors (Lipinski definition) is 4. The molecule has 1 aromatic carbocycles. The van der Waals surface area contributed by atoms with Gasteiger partial charge < -0.3 is 10.8 Å². The summed E-state index contributed by atoms with van der Waals surface area (Å²) in [5.41, 5.74) is 6.71. The van der Waals surface area contributed by atoms with Crippen LogP contribution in [0.15, 0.2) is 29.2 Å². The Balaban J connectivity index is 2.24. The van der Waals surface area contributed by atoms with Crippen LogP contribution in [0, 0.1) is 0 Å². The second-order valence-electron chi connectivity index (χ2n) is 5.64. The fourth-order valence-electron chi connectivity index (χ4n) is 2.48. The lowest BCUT2D eigenvalue weighted by Gasteiger charge is -2.36. The topological polar surface area (TPSA) is 83.6 Å². The van der Waals surface area contributed by atoms with Crippen molar-refractivity contribution in [2.75, 3.05) is 13.2 Å². The Bertz CT molecular complexity index is 551. The summed E-state index contributed by atoms with van der Waals surface area (Å²) in [6, 6.07) is 6.75. The second-order valence-corrected chi connectivity index (χ2v) is 7.53. The SMILES string of the molecule is CC(N)c1ccc(S(=O)(=O)N(CCCO)C2CCC2)cc1. The number of rotatable bonds is 7. The molecule has 1 aliphatic carbocycles. The van der Waals surface area contributed by atoms with E-state index in [-0.39, 0.29) is 18.7 Å². The van der Waals surface area contributed by atoms with Crippen LogP contribution in [-0.4, -0.2) is 37.0 Å². The highest BCUT2D eigenvalue weighted by Gasteiger charge is 2.34. The molecule has 2 rings (SSSR count). The van der Waals surface area contributed by atoms with Gasteiger partial charge in [0.25, 0.3) is 0 Å². The molecule has 0 heterocycles. The summed E-state index contributed by atoms with van der Waals surface area (Å²) < 4.78 is 27.1. The molecule has 0 saturated heterocycles. The molecule has 0 radical (unpaired) electrons. The maximum Gasteiger partial charge on any atom is 0.243 e. The van der Waals surface area contributed by atoms with E-state index in [0.29, 0.717) is 17.9 Å². The zero-order chi connectivity index (χ0) is 15.5. The highest BCUT2D eigenvalue weighted by molar-refractivity contribution is 7.89. The van der Waals surface area contributed by atoms with E-state index in [4.69, 9.17) is 10.8 Å². The summed E-state index contributed by atoms with van der Waals surface area (Å²) in [7, 11) is -3.49. The van der Waals surface area contributed by atoms with E-state index in [1.165, 1.54) is 0 Å². The van der Waals surface area contributed by atoms with Crippen molar-refractivity contribution < 1.29 is 13.5 Å². The first-order valence-electron chi connectivity index (χ1n) is 7.45. The predicted molar refractivity (Wildman–Crippen MR) is 82.3 cm³/mol. The molecule has 1 aliphatic rings. The summed E-state index contributed by atoms with van der Waals surface area (Å²) in [5, 5.41) is 8.99. The average molecular weight is 312 g/mol. The largest absolute Gasteiger partial charge is 0.396 e. The maximum absolute atomic E-state index is 12.8. The van der Waals surface area contributed by atoms with Crippen molar-refractivity contribution in [3.8, 4) is 0 Å². The van der Waals surface area contributed by atoms with Crippen molar-refractivity contribution in [3.63, 3.8) is 0 Å². The number of sulfonamides is 1. The summed E-state index contributed by atoms with van der Waals surface area (Å²) in [6.45, 7) is 2.24. The van der Waals surface area contributed by atoms with E-state index in [1.807, 2.05) is 6.92 Å². The summed E-state index contributed by atoms with van der Waals surface area (Å²) in [4.78, 5) is 0.303. The minimum atomic E-state index is -3.49. The molecule has 0 aliphatic heterocycles. The molecular weight excluding hydrogens is 288 g/mol. The fraction of sp³-hybridized carbons (Fsp3) is 0.600. The monoisotopic (exact) mass is 312 g/mol. The molecule has 0 aromatic heterocycles. The summed E-state index contributed by atoms with van der Waals surface area (Å²) in [6.07, 6.45) is 3.35. The van der Waals surface area contributed by atoms with E-state index >= 15 is 0 Å². The number of nitrogens with zero attached hydrogens (tertiary/aromatic N) is 1. The van der Waals surface area contributed by atoms with Gasteiger partial charge in [-0.1, -0.05) is 18.6 Å². The van der Waals surface area contributed by atoms with Gasteiger partial charge in [-0.05, 0) is 43.9 Å². The van der Waals surface area contributed by atoms with E-state index in [9.17, 15) is 8.42 Å². The number of hydrogen-bond donors (Lipinski definition) is 2. The van der Waals surface area contributed by atoms with Gasteiger partial charge >= 0.3 is 0 Å². The van der Waals surface area contributed by atoms with Gasteiger partial charge in [-0.2, -0.15) is 4.31 Å². The van der Waals surface area contributed by atoms with Crippen LogP contribution in [0.2, 0.25) is 0 Å². The third kappa shape index (κ3) is 3.63. The summed E-state index contributed by atoms with van der Waals surface area (Å²) >= 11 is 0. The summed E-state index contributed by atoms with van der Waals surface area (Å²) in [5.74, 6) is 0. The molecule has 0 amide bonds. The van der Waals surface area contributed by atoms with E-state index in [0.717, 1.165) is 24.8 Å². The molecule has 1 aromatic rings. The minimum absolute atomic E-state index is 0.00235. The molecule has 118 valence electrons. The Morgan fingerprint density at radius 1 is 1.33 bits per heavy atom. The first-order chi connectivity index (χ1) is 9.96. The Kier molecular flexibility index (Phi) is 5.37. The van der Waals surface area contributed by atoms with Crippen LogP contribution >= 0.6 is 0 Å². The van der Waals surface area contributed by atoms with Crippen LogP contribution in [0.3, 0.4) is 0 Å². The van der Waals surface area contributed by atoms with E-state index < -0.39 is 10.0 Å². The Labute approximate surface area is 126 Å². The van der Waals surface area contributed by atoms with Crippen molar-refractivity contribution in [2.45, 2.75) is 49.6 Å². The molecule has 6 heteroatoms. The highest BCUT2D eigenvalue weighted by Crippen LogP contribution is 2.30. The molecule has 5 nitrogen and oxygen atoms in total. The second kappa shape index (κ2) is 6.87. The normalized spacial score (nSPS) is 17.7. The number of aliphatic hydroxyl groups is 1. The van der Waals surface area contributed by atoms with Crippen molar-refractivity contribution in [1.82, 2.24) is 4.31 Å². The molecule has 1 fully saturated rings. The Morgan fingerprint density at radius 3 is 2.38 bits per heavy atom. The molecule has 0 bridgehead atoms. The lowest BCUT2D eigenvalue weighted by molar-refractivity contribution is 0.198. The molecular formula is C15H24N2O3S. The van der Waals surface area contributed by atoms with Gasteiger partial charge in [0, 0.05) is 25.2 Å². The maximum atomic E-state index is 12.8. The number of nitrogens with two attached hydrogens (primary N) is 1. The Morgan fingerprint density at radius 2 is 1.95 bits per heavy atom. The van der Waals surface area contributed by atoms with Crippen LogP contribution in [0.5, 0.6) is 0 Å². The van der Waals surface area contributed by atoms with Crippen LogP contribution in [-0.2, 0) is 10.0 Å². The van der Waals surface area contributed by atoms with Gasteiger partial charge in [0.15, 0.2) is 0 Å². The number of aliphatic hydroxyl groups excluding tert-OH is 1. The van der Waals surface area contributed by atoms with Crippen molar-refractivity contribution in [1.29, 1.82) is 0 Å². The fourth-order valence-corrected chi connectivity index (χ4v) is 4.20. The first kappa shape index (κ1) is 16.4. The van der Waals surface area contributed by atoms with E-state index in [1.54, 1.807) is 28.6 Å². The molecule has 3 N–H and O–H groups in total. The van der Waals surface area contributed by atoms with E-state index in [2.05, 4.69) is 0 Å². The Hall–Kier alpha value is -0.950. The smallest absolute Gasteiger partial charge is 0.243 e. The van der Waals surface area contributed by atoms with Crippen LogP contribution in [0.4, 0.5) is 0 Å². The molecule has 1 unspecified atom stereocenters. The lowest BCUT2D eigenvalue weighted by Crippen LogP contribution is -2.44. The van der Waals surface area contributed by atoms with Gasteiger partial charge in [0.05, 0.1) is 4.90 Å². The van der Waals surface area contributed by atoms with Crippen LogP contribution in [0.25, 0.3) is 0 Å². The standard InChI is InChI=1S/C15H24N2O3S/c1-12(16)13-6-8-15(9-7-13)21(19,20)17(10-3-11-18)14-4-2-5-14/h6-9,12,14,18H,2-5,10-11,16H2,1H3. The molecule has 0 spiro atoms. The quantitative estimate of drug-likeness (QED) is 0.801. The first-order valence-corrected chi connectivity index (χ1v) is 8.89. The third-order valence-corrected chi connectivity index (χ3v) is 6.00. The van der Waals surface area contributed by atoms with Gasteiger partial charge in [0.2, 0.25) is 10.0 Å². The van der Waals surface area contributed by atoms with Crippen LogP contribution < -0.4 is 5.73 Å². The van der Waals surface area contributed by atoms with Gasteiger partial charge in [-0.3, -0.25) is 0 Å². The van der Waals surface area contributed by atoms with Gasteiger partial charge in [-0.15, -0.1) is 0 Å². The third-order valence-electron chi connectivity index (χ3n) is 4.03. The zero-order valence-corrected chi connectivity index (χ0v) is 13.2. The average Bonchev–Trinajstić information content (AvgIpc) is 2.41.